The lowest BCUT2D eigenvalue weighted by Crippen LogP contribution is -2.52. The molecule has 2 aromatic carbocycles. The van der Waals surface area contributed by atoms with Crippen molar-refractivity contribution in [2.45, 2.75) is 51.6 Å². The van der Waals surface area contributed by atoms with Gasteiger partial charge in [-0.2, -0.15) is 0 Å². The first-order valence-electron chi connectivity index (χ1n) is 10.8. The number of carbonyl (C=O) groups excluding carboxylic acids is 2. The van der Waals surface area contributed by atoms with Gasteiger partial charge in [-0.15, -0.1) is 0 Å². The normalized spacial score (nSPS) is 11.8. The molecule has 0 unspecified atom stereocenters. The van der Waals surface area contributed by atoms with Gasteiger partial charge < -0.3 is 9.80 Å². The molecule has 5 heteroatoms. The van der Waals surface area contributed by atoms with Crippen LogP contribution in [0.2, 0.25) is 0 Å². The monoisotopic (exact) mass is 423 g/mol. The van der Waals surface area contributed by atoms with Gasteiger partial charge in [-0.3, -0.25) is 14.9 Å². The van der Waals surface area contributed by atoms with Crippen LogP contribution in [0.1, 0.15) is 38.8 Å². The third-order valence-corrected chi connectivity index (χ3v) is 6.08. The molecule has 0 saturated heterocycles. The molecular weight excluding hydrogens is 386 g/mol. The lowest BCUT2D eigenvalue weighted by Gasteiger charge is -2.37. The molecular formula is C26H37N3O2. The van der Waals surface area contributed by atoms with E-state index in [0.29, 0.717) is 0 Å². The Morgan fingerprint density at radius 2 is 1.00 bits per heavy atom. The van der Waals surface area contributed by atoms with E-state index in [1.165, 1.54) is 11.1 Å². The summed E-state index contributed by atoms with van der Waals surface area (Å²) in [5.74, 6) is -0.0557. The number of carbonyl (C=O) groups is 2. The van der Waals surface area contributed by atoms with E-state index in [-0.39, 0.29) is 36.0 Å². The van der Waals surface area contributed by atoms with Gasteiger partial charge >= 0.3 is 0 Å². The van der Waals surface area contributed by atoms with Crippen molar-refractivity contribution in [3.63, 3.8) is 0 Å². The Morgan fingerprint density at radius 1 is 0.677 bits per heavy atom. The molecule has 0 bridgehead atoms. The van der Waals surface area contributed by atoms with E-state index >= 15 is 0 Å². The van der Waals surface area contributed by atoms with Gasteiger partial charge in [0.15, 0.2) is 0 Å². The summed E-state index contributed by atoms with van der Waals surface area (Å²) in [6.07, 6.45) is 1.54. The van der Waals surface area contributed by atoms with Crippen LogP contribution in [-0.4, -0.2) is 59.9 Å². The summed E-state index contributed by atoms with van der Waals surface area (Å²) in [5, 5.41) is 3.04. The van der Waals surface area contributed by atoms with Crippen molar-refractivity contribution in [1.29, 1.82) is 0 Å². The van der Waals surface area contributed by atoms with Crippen LogP contribution in [0.15, 0.2) is 60.7 Å². The lowest BCUT2D eigenvalue weighted by atomic mass is 9.93. The molecule has 0 atom stereocenters. The fourth-order valence-corrected chi connectivity index (χ4v) is 3.62. The fraction of sp³-hybridized carbons (Fsp3) is 0.462. The maximum atomic E-state index is 12.7. The molecule has 5 nitrogen and oxygen atoms in total. The second kappa shape index (κ2) is 10.6. The first-order valence-corrected chi connectivity index (χ1v) is 10.8. The maximum absolute atomic E-state index is 12.7. The maximum Gasteiger partial charge on any atom is 0.236 e. The summed E-state index contributed by atoms with van der Waals surface area (Å²) in [6.45, 7) is 8.50. The smallest absolute Gasteiger partial charge is 0.236 e. The highest BCUT2D eigenvalue weighted by Gasteiger charge is 2.29. The van der Waals surface area contributed by atoms with Crippen LogP contribution in [0.5, 0.6) is 0 Å². The summed E-state index contributed by atoms with van der Waals surface area (Å²) >= 11 is 0. The zero-order valence-corrected chi connectivity index (χ0v) is 19.8. The van der Waals surface area contributed by atoms with Crippen molar-refractivity contribution < 1.29 is 9.59 Å². The third-order valence-electron chi connectivity index (χ3n) is 6.08. The number of hydrogen-bond acceptors (Lipinski definition) is 3. The van der Waals surface area contributed by atoms with Gasteiger partial charge in [-0.05, 0) is 51.7 Å². The first-order chi connectivity index (χ1) is 14.5. The molecule has 168 valence electrons. The van der Waals surface area contributed by atoms with Gasteiger partial charge in [0.1, 0.15) is 0 Å². The predicted octanol–water partition coefficient (Wildman–Crippen LogP) is 3.54. The minimum atomic E-state index is -0.321. The number of nitrogens with zero attached hydrogens (tertiary/aromatic N) is 2. The van der Waals surface area contributed by atoms with E-state index in [1.54, 1.807) is 9.80 Å². The fourth-order valence-electron chi connectivity index (χ4n) is 3.62. The molecule has 31 heavy (non-hydrogen) atoms. The first kappa shape index (κ1) is 24.6. The van der Waals surface area contributed by atoms with Crippen molar-refractivity contribution in [1.82, 2.24) is 15.1 Å². The van der Waals surface area contributed by atoms with Gasteiger partial charge in [-0.25, -0.2) is 0 Å². The minimum Gasteiger partial charge on any atom is -0.339 e. The van der Waals surface area contributed by atoms with Crippen LogP contribution < -0.4 is 5.32 Å². The highest BCUT2D eigenvalue weighted by molar-refractivity contribution is 5.81. The van der Waals surface area contributed by atoms with Crippen LogP contribution in [0.4, 0.5) is 0 Å². The Hall–Kier alpha value is -2.66. The van der Waals surface area contributed by atoms with Crippen LogP contribution in [0, 0.1) is 0 Å². The zero-order valence-electron chi connectivity index (χ0n) is 19.8. The summed E-state index contributed by atoms with van der Waals surface area (Å²) in [6, 6.07) is 20.3. The molecule has 2 aromatic rings. The second-order valence-electron chi connectivity index (χ2n) is 9.46. The van der Waals surface area contributed by atoms with E-state index in [4.69, 9.17) is 0 Å². The van der Waals surface area contributed by atoms with E-state index in [9.17, 15) is 9.59 Å². The van der Waals surface area contributed by atoms with Gasteiger partial charge in [-0.1, -0.05) is 60.7 Å². The highest BCUT2D eigenvalue weighted by atomic mass is 16.2. The Labute approximate surface area is 187 Å². The molecule has 0 aliphatic carbocycles. The molecule has 0 heterocycles. The number of likely N-dealkylation sites (N-methyl/N-ethyl adjacent to an activating group) is 2. The molecule has 2 rings (SSSR count). The number of hydrogen-bond donors (Lipinski definition) is 1. The van der Waals surface area contributed by atoms with Crippen LogP contribution in [-0.2, 0) is 22.4 Å². The van der Waals surface area contributed by atoms with Crippen molar-refractivity contribution in [3.8, 4) is 0 Å². The van der Waals surface area contributed by atoms with Crippen LogP contribution in [0.25, 0.3) is 0 Å². The third kappa shape index (κ3) is 7.21. The van der Waals surface area contributed by atoms with E-state index < -0.39 is 0 Å². The Morgan fingerprint density at radius 3 is 1.32 bits per heavy atom. The molecule has 2 amide bonds. The van der Waals surface area contributed by atoms with E-state index in [1.807, 2.05) is 50.5 Å². The molecule has 0 spiro atoms. The van der Waals surface area contributed by atoms with Crippen LogP contribution in [0.3, 0.4) is 0 Å². The number of benzene rings is 2. The summed E-state index contributed by atoms with van der Waals surface area (Å²) in [5.41, 5.74) is 1.74. The predicted molar refractivity (Wildman–Crippen MR) is 127 cm³/mol. The molecule has 0 aliphatic rings. The second-order valence-corrected chi connectivity index (χ2v) is 9.46. The molecule has 1 N–H and O–H groups in total. The number of rotatable bonds is 10. The minimum absolute atomic E-state index is 0.0278. The van der Waals surface area contributed by atoms with E-state index in [2.05, 4.69) is 57.3 Å². The zero-order chi connectivity index (χ0) is 23.1. The number of nitrogens with one attached hydrogen (secondary N) is 1. The average Bonchev–Trinajstić information content (AvgIpc) is 2.73. The Bertz CT molecular complexity index is 776. The molecule has 0 fully saturated rings. The molecule has 0 aliphatic heterocycles. The lowest BCUT2D eigenvalue weighted by molar-refractivity contribution is -0.135. The van der Waals surface area contributed by atoms with Crippen molar-refractivity contribution >= 4 is 11.8 Å². The van der Waals surface area contributed by atoms with Crippen molar-refractivity contribution in [3.05, 3.63) is 71.8 Å². The van der Waals surface area contributed by atoms with Gasteiger partial charge in [0.25, 0.3) is 0 Å². The SMILES string of the molecule is CN(C(=O)CNCC(=O)N(C)C(C)(C)Cc1ccccc1)C(C)(C)Cc1ccccc1. The topological polar surface area (TPSA) is 52.7 Å². The highest BCUT2D eigenvalue weighted by Crippen LogP contribution is 2.20. The quantitative estimate of drug-likeness (QED) is 0.636. The standard InChI is InChI=1S/C26H37N3O2/c1-25(2,17-21-13-9-7-10-14-21)28(5)23(30)19-27-20-24(31)29(6)26(3,4)18-22-15-11-8-12-16-22/h7-16,27H,17-20H2,1-6H3. The largest absolute Gasteiger partial charge is 0.339 e. The Balaban J connectivity index is 1.84. The summed E-state index contributed by atoms with van der Waals surface area (Å²) in [7, 11) is 3.65. The summed E-state index contributed by atoms with van der Waals surface area (Å²) in [4.78, 5) is 28.9. The summed E-state index contributed by atoms with van der Waals surface area (Å²) < 4.78 is 0. The van der Waals surface area contributed by atoms with E-state index in [0.717, 1.165) is 12.8 Å². The van der Waals surface area contributed by atoms with Gasteiger partial charge in [0.05, 0.1) is 13.1 Å². The Kier molecular flexibility index (Phi) is 8.40. The van der Waals surface area contributed by atoms with Gasteiger partial charge in [0.2, 0.25) is 11.8 Å². The molecule has 0 radical (unpaired) electrons. The average molecular weight is 424 g/mol. The number of amides is 2. The van der Waals surface area contributed by atoms with Crippen LogP contribution >= 0.6 is 0 Å². The van der Waals surface area contributed by atoms with Crippen molar-refractivity contribution in [2.24, 2.45) is 0 Å². The molecule has 0 aromatic heterocycles. The van der Waals surface area contributed by atoms with Crippen molar-refractivity contribution in [2.75, 3.05) is 27.2 Å². The molecule has 0 saturated carbocycles. The van der Waals surface area contributed by atoms with Gasteiger partial charge in [0, 0.05) is 25.2 Å².